The van der Waals surface area contributed by atoms with Crippen molar-refractivity contribution in [2.45, 2.75) is 26.8 Å². The van der Waals surface area contributed by atoms with Crippen molar-refractivity contribution in [3.8, 4) is 0 Å². The van der Waals surface area contributed by atoms with Gasteiger partial charge in [0.05, 0.1) is 11.1 Å². The number of pyridine rings is 1. The molecule has 7 nitrogen and oxygen atoms in total. The van der Waals surface area contributed by atoms with Crippen molar-refractivity contribution < 1.29 is 14.4 Å². The monoisotopic (exact) mass is 318 g/mol. The van der Waals surface area contributed by atoms with Gasteiger partial charge in [-0.1, -0.05) is 0 Å². The molecule has 124 valence electrons. The molecule has 1 fully saturated rings. The summed E-state index contributed by atoms with van der Waals surface area (Å²) in [6.45, 7) is 7.30. The zero-order valence-corrected chi connectivity index (χ0v) is 13.7. The Labute approximate surface area is 135 Å². The second-order valence-corrected chi connectivity index (χ2v) is 5.89. The molecule has 1 aliphatic rings. The Morgan fingerprint density at radius 3 is 2.17 bits per heavy atom. The van der Waals surface area contributed by atoms with Crippen molar-refractivity contribution in [2.24, 2.45) is 0 Å². The van der Waals surface area contributed by atoms with Crippen molar-refractivity contribution in [3.63, 3.8) is 0 Å². The average Bonchev–Trinajstić information content (AvgIpc) is 2.53. The summed E-state index contributed by atoms with van der Waals surface area (Å²) in [6.07, 6.45) is 2.91. The molecule has 0 spiro atoms. The van der Waals surface area contributed by atoms with Gasteiger partial charge in [0, 0.05) is 51.5 Å². The fourth-order valence-electron chi connectivity index (χ4n) is 2.43. The molecule has 0 saturated carbocycles. The molecule has 0 atom stereocenters. The molecule has 3 amide bonds. The lowest BCUT2D eigenvalue weighted by Gasteiger charge is -2.34. The molecule has 0 aliphatic carbocycles. The highest BCUT2D eigenvalue weighted by molar-refractivity contribution is 5.99. The fraction of sp³-hybridized carbons (Fsp3) is 0.500. The Hall–Kier alpha value is -2.44. The molecule has 1 aromatic heterocycles. The predicted molar refractivity (Wildman–Crippen MR) is 85.0 cm³/mol. The van der Waals surface area contributed by atoms with Gasteiger partial charge in [-0.25, -0.2) is 0 Å². The Morgan fingerprint density at radius 2 is 1.61 bits per heavy atom. The zero-order chi connectivity index (χ0) is 17.0. The number of rotatable bonds is 3. The van der Waals surface area contributed by atoms with E-state index >= 15 is 0 Å². The maximum atomic E-state index is 12.5. The van der Waals surface area contributed by atoms with Gasteiger partial charge in [0.15, 0.2) is 0 Å². The molecule has 1 aliphatic heterocycles. The van der Waals surface area contributed by atoms with Crippen LogP contribution in [0, 0.1) is 0 Å². The van der Waals surface area contributed by atoms with E-state index in [4.69, 9.17) is 0 Å². The summed E-state index contributed by atoms with van der Waals surface area (Å²) in [6, 6.07) is 1.58. The lowest BCUT2D eigenvalue weighted by molar-refractivity contribution is -0.130. The first-order chi connectivity index (χ1) is 10.9. The lowest BCUT2D eigenvalue weighted by Crippen LogP contribution is -2.50. The maximum Gasteiger partial charge on any atom is 0.255 e. The second kappa shape index (κ2) is 7.21. The van der Waals surface area contributed by atoms with Crippen molar-refractivity contribution in [3.05, 3.63) is 29.6 Å². The zero-order valence-electron chi connectivity index (χ0n) is 13.7. The number of piperazine rings is 1. The number of hydrogen-bond acceptors (Lipinski definition) is 4. The van der Waals surface area contributed by atoms with E-state index in [0.717, 1.165) is 0 Å². The summed E-state index contributed by atoms with van der Waals surface area (Å²) in [5, 5.41) is 2.77. The number of aromatic nitrogens is 1. The number of nitrogens with one attached hydrogen (secondary N) is 1. The smallest absolute Gasteiger partial charge is 0.255 e. The van der Waals surface area contributed by atoms with Crippen LogP contribution in [-0.4, -0.2) is 64.7 Å². The minimum Gasteiger partial charge on any atom is -0.350 e. The molecule has 2 rings (SSSR count). The van der Waals surface area contributed by atoms with Gasteiger partial charge < -0.3 is 15.1 Å². The predicted octanol–water partition coefficient (Wildman–Crippen LogP) is 0.524. The Morgan fingerprint density at radius 1 is 1.04 bits per heavy atom. The fourth-order valence-corrected chi connectivity index (χ4v) is 2.43. The van der Waals surface area contributed by atoms with Crippen LogP contribution in [0.25, 0.3) is 0 Å². The standard InChI is InChI=1S/C16H22N4O3/c1-11(2)18-15(22)13-8-14(10-17-9-13)16(23)20-6-4-19(5-7-20)12(3)21/h8-11H,4-7H2,1-3H3,(H,18,22). The summed E-state index contributed by atoms with van der Waals surface area (Å²) in [4.78, 5) is 43.2. The van der Waals surface area contributed by atoms with Crippen molar-refractivity contribution in [2.75, 3.05) is 26.2 Å². The molecule has 0 bridgehead atoms. The van der Waals surface area contributed by atoms with Gasteiger partial charge in [0.2, 0.25) is 5.91 Å². The summed E-state index contributed by atoms with van der Waals surface area (Å²) >= 11 is 0. The van der Waals surface area contributed by atoms with Gasteiger partial charge in [0.1, 0.15) is 0 Å². The van der Waals surface area contributed by atoms with Crippen LogP contribution in [0.15, 0.2) is 18.5 Å². The lowest BCUT2D eigenvalue weighted by atomic mass is 10.1. The number of carbonyl (C=O) groups excluding carboxylic acids is 3. The van der Waals surface area contributed by atoms with E-state index in [1.54, 1.807) is 15.9 Å². The van der Waals surface area contributed by atoms with Crippen LogP contribution in [0.5, 0.6) is 0 Å². The Bertz CT molecular complexity index is 607. The van der Waals surface area contributed by atoms with Crippen molar-refractivity contribution in [1.82, 2.24) is 20.1 Å². The first-order valence-corrected chi connectivity index (χ1v) is 7.69. The van der Waals surface area contributed by atoms with Gasteiger partial charge in [0.25, 0.3) is 11.8 Å². The highest BCUT2D eigenvalue weighted by atomic mass is 16.2. The quantitative estimate of drug-likeness (QED) is 0.881. The van der Waals surface area contributed by atoms with E-state index in [0.29, 0.717) is 37.3 Å². The first kappa shape index (κ1) is 16.9. The maximum absolute atomic E-state index is 12.5. The molecule has 0 aromatic carbocycles. The third-order valence-electron chi connectivity index (χ3n) is 3.68. The number of carbonyl (C=O) groups is 3. The minimum atomic E-state index is -0.247. The number of hydrogen-bond donors (Lipinski definition) is 1. The van der Waals surface area contributed by atoms with E-state index < -0.39 is 0 Å². The molecule has 1 N–H and O–H groups in total. The van der Waals surface area contributed by atoms with Crippen LogP contribution in [-0.2, 0) is 4.79 Å². The Balaban J connectivity index is 2.06. The highest BCUT2D eigenvalue weighted by Gasteiger charge is 2.24. The molecule has 1 saturated heterocycles. The van der Waals surface area contributed by atoms with Crippen LogP contribution in [0.2, 0.25) is 0 Å². The molecular formula is C16H22N4O3. The summed E-state index contributed by atoms with van der Waals surface area (Å²) in [7, 11) is 0. The molecule has 2 heterocycles. The van der Waals surface area contributed by atoms with Crippen molar-refractivity contribution >= 4 is 17.7 Å². The van der Waals surface area contributed by atoms with Crippen molar-refractivity contribution in [1.29, 1.82) is 0 Å². The Kier molecular flexibility index (Phi) is 5.31. The molecule has 1 aromatic rings. The normalized spacial score (nSPS) is 14.8. The highest BCUT2D eigenvalue weighted by Crippen LogP contribution is 2.10. The average molecular weight is 318 g/mol. The van der Waals surface area contributed by atoms with Crippen LogP contribution >= 0.6 is 0 Å². The van der Waals surface area contributed by atoms with E-state index in [-0.39, 0.29) is 23.8 Å². The van der Waals surface area contributed by atoms with E-state index in [1.807, 2.05) is 13.8 Å². The third-order valence-corrected chi connectivity index (χ3v) is 3.68. The third kappa shape index (κ3) is 4.28. The van der Waals surface area contributed by atoms with Crippen LogP contribution < -0.4 is 5.32 Å². The summed E-state index contributed by atoms with van der Waals surface area (Å²) < 4.78 is 0. The molecular weight excluding hydrogens is 296 g/mol. The minimum absolute atomic E-state index is 0.0153. The van der Waals surface area contributed by atoms with Gasteiger partial charge >= 0.3 is 0 Å². The van der Waals surface area contributed by atoms with Gasteiger partial charge in [-0.3, -0.25) is 19.4 Å². The number of nitrogens with zero attached hydrogens (tertiary/aromatic N) is 3. The largest absolute Gasteiger partial charge is 0.350 e. The number of amides is 3. The van der Waals surface area contributed by atoms with Gasteiger partial charge in [-0.15, -0.1) is 0 Å². The van der Waals surface area contributed by atoms with Crippen LogP contribution in [0.4, 0.5) is 0 Å². The summed E-state index contributed by atoms with van der Waals surface area (Å²) in [5.41, 5.74) is 0.754. The second-order valence-electron chi connectivity index (χ2n) is 5.89. The topological polar surface area (TPSA) is 82.6 Å². The van der Waals surface area contributed by atoms with Crippen LogP contribution in [0.1, 0.15) is 41.5 Å². The van der Waals surface area contributed by atoms with E-state index in [2.05, 4.69) is 10.3 Å². The van der Waals surface area contributed by atoms with Crippen LogP contribution in [0.3, 0.4) is 0 Å². The molecule has 0 radical (unpaired) electrons. The first-order valence-electron chi connectivity index (χ1n) is 7.69. The molecule has 23 heavy (non-hydrogen) atoms. The van der Waals surface area contributed by atoms with Gasteiger partial charge in [-0.2, -0.15) is 0 Å². The van der Waals surface area contributed by atoms with Gasteiger partial charge in [-0.05, 0) is 19.9 Å². The summed E-state index contributed by atoms with van der Waals surface area (Å²) in [5.74, 6) is -0.394. The van der Waals surface area contributed by atoms with E-state index in [1.165, 1.54) is 19.3 Å². The van der Waals surface area contributed by atoms with E-state index in [9.17, 15) is 14.4 Å². The molecule has 7 heteroatoms. The molecule has 0 unspecified atom stereocenters. The SMILES string of the molecule is CC(=O)N1CCN(C(=O)c2cncc(C(=O)NC(C)C)c2)CC1.